The predicted octanol–water partition coefficient (Wildman–Crippen LogP) is 1.47. The summed E-state index contributed by atoms with van der Waals surface area (Å²) in [5, 5.41) is 0. The van der Waals surface area contributed by atoms with E-state index in [2.05, 4.69) is 16.5 Å². The molecule has 1 saturated heterocycles. The molecule has 0 aliphatic carbocycles. The van der Waals surface area contributed by atoms with Crippen molar-refractivity contribution in [1.29, 1.82) is 0 Å². The molecule has 1 aliphatic rings. The number of ether oxygens (including phenoxy) is 3. The molecule has 1 fully saturated rings. The van der Waals surface area contributed by atoms with Crippen LogP contribution in [0.25, 0.3) is 0 Å². The summed E-state index contributed by atoms with van der Waals surface area (Å²) in [6.45, 7) is 4.41. The van der Waals surface area contributed by atoms with Gasteiger partial charge in [0.1, 0.15) is 10.6 Å². The van der Waals surface area contributed by atoms with E-state index in [0.29, 0.717) is 18.0 Å². The Bertz CT molecular complexity index is 663. The highest BCUT2D eigenvalue weighted by atomic mass is 32.2. The fourth-order valence-electron chi connectivity index (χ4n) is 3.04. The van der Waals surface area contributed by atoms with E-state index < -0.39 is 10.0 Å². The van der Waals surface area contributed by atoms with E-state index in [9.17, 15) is 8.42 Å². The molecule has 1 aliphatic heterocycles. The summed E-state index contributed by atoms with van der Waals surface area (Å²) < 4.78 is 43.8. The average Bonchev–Trinajstić information content (AvgIpc) is 3.06. The van der Waals surface area contributed by atoms with Crippen LogP contribution in [0.1, 0.15) is 19.8 Å². The zero-order valence-electron chi connectivity index (χ0n) is 14.7. The number of likely N-dealkylation sites (tertiary alicyclic amines) is 1. The van der Waals surface area contributed by atoms with Gasteiger partial charge in [0.2, 0.25) is 10.0 Å². The van der Waals surface area contributed by atoms with Crippen LogP contribution in [0.15, 0.2) is 17.0 Å². The van der Waals surface area contributed by atoms with E-state index in [1.807, 2.05) is 0 Å². The van der Waals surface area contributed by atoms with E-state index >= 15 is 0 Å². The summed E-state index contributed by atoms with van der Waals surface area (Å²) in [6, 6.07) is 3.17. The van der Waals surface area contributed by atoms with E-state index in [1.165, 1.54) is 33.5 Å². The average molecular weight is 358 g/mol. The third kappa shape index (κ3) is 3.93. The monoisotopic (exact) mass is 358 g/mol. The molecule has 0 aromatic heterocycles. The maximum absolute atomic E-state index is 12.7. The second-order valence-electron chi connectivity index (χ2n) is 5.63. The largest absolute Gasteiger partial charge is 0.495 e. The highest BCUT2D eigenvalue weighted by Crippen LogP contribution is 2.36. The van der Waals surface area contributed by atoms with Gasteiger partial charge in [0.05, 0.1) is 21.3 Å². The lowest BCUT2D eigenvalue weighted by Gasteiger charge is -2.23. The van der Waals surface area contributed by atoms with E-state index in [0.717, 1.165) is 25.9 Å². The molecule has 7 nitrogen and oxygen atoms in total. The normalized spacial score (nSPS) is 18.6. The number of rotatable bonds is 8. The van der Waals surface area contributed by atoms with E-state index in [-0.39, 0.29) is 16.7 Å². The Balaban J connectivity index is 2.24. The molecule has 1 heterocycles. The summed E-state index contributed by atoms with van der Waals surface area (Å²) in [5.74, 6) is 0.981. The number of benzene rings is 1. The first-order valence-electron chi connectivity index (χ1n) is 8.00. The fourth-order valence-corrected chi connectivity index (χ4v) is 4.27. The lowest BCUT2D eigenvalue weighted by Crippen LogP contribution is -2.40. The van der Waals surface area contributed by atoms with Crippen molar-refractivity contribution in [2.45, 2.75) is 30.7 Å². The lowest BCUT2D eigenvalue weighted by atomic mass is 10.2. The van der Waals surface area contributed by atoms with Crippen molar-refractivity contribution in [1.82, 2.24) is 9.62 Å². The Labute approximate surface area is 143 Å². The van der Waals surface area contributed by atoms with Crippen molar-refractivity contribution in [3.8, 4) is 17.2 Å². The first-order chi connectivity index (χ1) is 11.5. The second-order valence-corrected chi connectivity index (χ2v) is 7.37. The molecule has 0 saturated carbocycles. The van der Waals surface area contributed by atoms with Crippen LogP contribution in [0.4, 0.5) is 0 Å². The summed E-state index contributed by atoms with van der Waals surface area (Å²) in [4.78, 5) is 2.33. The fraction of sp³-hybridized carbons (Fsp3) is 0.625. The number of likely N-dealkylation sites (N-methyl/N-ethyl adjacent to an activating group) is 1. The number of methoxy groups -OCH3 is 3. The Kier molecular flexibility index (Phi) is 6.31. The molecule has 2 rings (SSSR count). The van der Waals surface area contributed by atoms with Crippen LogP contribution in [-0.2, 0) is 10.0 Å². The van der Waals surface area contributed by atoms with Crippen molar-refractivity contribution < 1.29 is 22.6 Å². The van der Waals surface area contributed by atoms with Gasteiger partial charge in [-0.3, -0.25) is 4.90 Å². The summed E-state index contributed by atoms with van der Waals surface area (Å²) in [7, 11) is 0.663. The predicted molar refractivity (Wildman–Crippen MR) is 91.6 cm³/mol. The maximum Gasteiger partial charge on any atom is 0.244 e. The molecule has 1 aromatic rings. The number of nitrogens with one attached hydrogen (secondary N) is 1. The third-order valence-electron chi connectivity index (χ3n) is 4.37. The van der Waals surface area contributed by atoms with Crippen molar-refractivity contribution in [3.05, 3.63) is 12.1 Å². The molecule has 1 aromatic carbocycles. The summed E-state index contributed by atoms with van der Waals surface area (Å²) >= 11 is 0. The molecule has 0 bridgehead atoms. The number of sulfonamides is 1. The quantitative estimate of drug-likeness (QED) is 0.758. The van der Waals surface area contributed by atoms with E-state index in [1.54, 1.807) is 0 Å². The molecule has 8 heteroatoms. The van der Waals surface area contributed by atoms with Crippen LogP contribution >= 0.6 is 0 Å². The van der Waals surface area contributed by atoms with Crippen molar-refractivity contribution in [3.63, 3.8) is 0 Å². The van der Waals surface area contributed by atoms with Crippen LogP contribution in [0.5, 0.6) is 17.2 Å². The zero-order chi connectivity index (χ0) is 17.7. The van der Waals surface area contributed by atoms with Gasteiger partial charge in [-0.05, 0) is 25.9 Å². The summed E-state index contributed by atoms with van der Waals surface area (Å²) in [5.41, 5.74) is 0. The minimum absolute atomic E-state index is 0.0451. The Morgan fingerprint density at radius 2 is 1.75 bits per heavy atom. The number of hydrogen-bond donors (Lipinski definition) is 1. The number of nitrogens with zero attached hydrogens (tertiary/aromatic N) is 1. The molecule has 0 amide bonds. The molecule has 136 valence electrons. The van der Waals surface area contributed by atoms with Gasteiger partial charge in [0, 0.05) is 24.7 Å². The highest BCUT2D eigenvalue weighted by Gasteiger charge is 2.27. The smallest absolute Gasteiger partial charge is 0.244 e. The Hall–Kier alpha value is -1.51. The van der Waals surface area contributed by atoms with Crippen LogP contribution < -0.4 is 18.9 Å². The van der Waals surface area contributed by atoms with Gasteiger partial charge in [-0.2, -0.15) is 0 Å². The van der Waals surface area contributed by atoms with Gasteiger partial charge in [-0.25, -0.2) is 13.1 Å². The highest BCUT2D eigenvalue weighted by molar-refractivity contribution is 7.89. The maximum atomic E-state index is 12.7. The molecule has 1 atom stereocenters. The molecule has 1 N–H and O–H groups in total. The lowest BCUT2D eigenvalue weighted by molar-refractivity contribution is 0.268. The van der Waals surface area contributed by atoms with E-state index in [4.69, 9.17) is 14.2 Å². The molecular weight excluding hydrogens is 332 g/mol. The molecule has 1 unspecified atom stereocenters. The van der Waals surface area contributed by atoms with Gasteiger partial charge in [-0.15, -0.1) is 0 Å². The zero-order valence-corrected chi connectivity index (χ0v) is 15.5. The van der Waals surface area contributed by atoms with Crippen LogP contribution in [0, 0.1) is 0 Å². The third-order valence-corrected chi connectivity index (χ3v) is 5.82. The van der Waals surface area contributed by atoms with Crippen LogP contribution in [-0.4, -0.2) is 60.3 Å². The van der Waals surface area contributed by atoms with Gasteiger partial charge in [0.25, 0.3) is 0 Å². The van der Waals surface area contributed by atoms with Crippen LogP contribution in [0.3, 0.4) is 0 Å². The molecule has 0 spiro atoms. The van der Waals surface area contributed by atoms with Crippen LogP contribution in [0.2, 0.25) is 0 Å². The van der Waals surface area contributed by atoms with Crippen molar-refractivity contribution in [2.75, 3.05) is 41.0 Å². The van der Waals surface area contributed by atoms with Gasteiger partial charge >= 0.3 is 0 Å². The van der Waals surface area contributed by atoms with Gasteiger partial charge in [0.15, 0.2) is 11.5 Å². The standard InChI is InChI=1S/C16H26N2O5S/c1-5-18-8-6-7-12(18)11-17-24(19,20)16-10-14(22-3)13(21-2)9-15(16)23-4/h9-10,12,17H,5-8,11H2,1-4H3. The minimum Gasteiger partial charge on any atom is -0.495 e. The molecular formula is C16H26N2O5S. The van der Waals surface area contributed by atoms with Gasteiger partial charge < -0.3 is 14.2 Å². The Morgan fingerprint density at radius 1 is 1.12 bits per heavy atom. The number of hydrogen-bond acceptors (Lipinski definition) is 6. The van der Waals surface area contributed by atoms with Crippen molar-refractivity contribution >= 4 is 10.0 Å². The molecule has 0 radical (unpaired) electrons. The van der Waals surface area contributed by atoms with Crippen molar-refractivity contribution in [2.24, 2.45) is 0 Å². The molecule has 24 heavy (non-hydrogen) atoms. The topological polar surface area (TPSA) is 77.1 Å². The minimum atomic E-state index is -3.72. The van der Waals surface area contributed by atoms with Gasteiger partial charge in [-0.1, -0.05) is 6.92 Å². The SMILES string of the molecule is CCN1CCCC1CNS(=O)(=O)c1cc(OC)c(OC)cc1OC. The second kappa shape index (κ2) is 8.04. The first kappa shape index (κ1) is 18.8. The Morgan fingerprint density at radius 3 is 2.33 bits per heavy atom. The summed E-state index contributed by atoms with van der Waals surface area (Å²) in [6.07, 6.45) is 2.10. The first-order valence-corrected chi connectivity index (χ1v) is 9.48.